The maximum atomic E-state index is 13.5. The zero-order valence-electron chi connectivity index (χ0n) is 19.6. The van der Waals surface area contributed by atoms with Crippen LogP contribution in [0.25, 0.3) is 20.3 Å². The summed E-state index contributed by atoms with van der Waals surface area (Å²) < 4.78 is 8.67. The second-order valence-electron chi connectivity index (χ2n) is 7.90. The maximum absolute atomic E-state index is 13.5. The van der Waals surface area contributed by atoms with Gasteiger partial charge in [0.05, 0.1) is 44.6 Å². The molecule has 9 heteroatoms. The highest BCUT2D eigenvalue weighted by Gasteiger charge is 2.18. The summed E-state index contributed by atoms with van der Waals surface area (Å²) in [5, 5.41) is 4.45. The first kappa shape index (κ1) is 24.3. The molecule has 4 rings (SSSR count). The summed E-state index contributed by atoms with van der Waals surface area (Å²) >= 11 is 2.78. The number of quaternary nitrogens is 1. The molecule has 2 heterocycles. The summed E-state index contributed by atoms with van der Waals surface area (Å²) in [5.41, 5.74) is 1.35. The van der Waals surface area contributed by atoms with E-state index in [0.717, 1.165) is 29.7 Å². The second kappa shape index (κ2) is 11.0. The molecule has 0 saturated heterocycles. The van der Waals surface area contributed by atoms with Crippen LogP contribution in [-0.4, -0.2) is 48.0 Å². The number of amides is 1. The van der Waals surface area contributed by atoms with E-state index in [4.69, 9.17) is 9.72 Å². The molecule has 2 N–H and O–H groups in total. The molecule has 0 atom stereocenters. The molecule has 1 amide bonds. The number of nitrogens with zero attached hydrogens (tertiary/aromatic N) is 2. The summed E-state index contributed by atoms with van der Waals surface area (Å²) in [6, 6.07) is 15.2. The van der Waals surface area contributed by atoms with Crippen LogP contribution in [0.4, 0.5) is 5.69 Å². The Balaban J connectivity index is 1.63. The van der Waals surface area contributed by atoms with Gasteiger partial charge in [-0.3, -0.25) is 14.2 Å². The molecule has 0 aliphatic carbocycles. The number of thioether (sulfide) groups is 1. The number of rotatable bonds is 10. The minimum Gasteiger partial charge on any atom is -0.497 e. The number of nitrogens with one attached hydrogen (secondary N) is 2. The monoisotopic (exact) mass is 497 g/mol. The van der Waals surface area contributed by atoms with Crippen molar-refractivity contribution in [3.05, 3.63) is 58.9 Å². The van der Waals surface area contributed by atoms with Gasteiger partial charge in [-0.1, -0.05) is 36.0 Å². The van der Waals surface area contributed by atoms with Crippen LogP contribution in [0, 0.1) is 0 Å². The third-order valence-corrected chi connectivity index (χ3v) is 7.95. The lowest BCUT2D eigenvalue weighted by Gasteiger charge is -2.17. The average molecular weight is 498 g/mol. The van der Waals surface area contributed by atoms with E-state index in [2.05, 4.69) is 19.2 Å². The van der Waals surface area contributed by atoms with Gasteiger partial charge in [-0.2, -0.15) is 0 Å². The van der Waals surface area contributed by atoms with Crippen molar-refractivity contribution in [3.63, 3.8) is 0 Å². The van der Waals surface area contributed by atoms with Crippen LogP contribution in [0.1, 0.15) is 13.8 Å². The van der Waals surface area contributed by atoms with E-state index in [9.17, 15) is 9.59 Å². The van der Waals surface area contributed by atoms with Gasteiger partial charge in [-0.05, 0) is 32.0 Å². The number of carbonyl (C=O) groups is 1. The number of likely N-dealkylation sites (N-methyl/N-ethyl adjacent to an activating group) is 1. The van der Waals surface area contributed by atoms with Gasteiger partial charge in [0, 0.05) is 21.8 Å². The number of hydrogen-bond donors (Lipinski definition) is 2. The molecule has 0 aliphatic rings. The third-order valence-electron chi connectivity index (χ3n) is 5.82. The Bertz CT molecular complexity index is 1360. The van der Waals surface area contributed by atoms with Gasteiger partial charge < -0.3 is 15.0 Å². The van der Waals surface area contributed by atoms with Gasteiger partial charge >= 0.3 is 0 Å². The topological polar surface area (TPSA) is 77.7 Å². The number of ether oxygens (including phenoxy) is 1. The predicted octanol–water partition coefficient (Wildman–Crippen LogP) is 3.28. The van der Waals surface area contributed by atoms with E-state index < -0.39 is 0 Å². The molecular formula is C25H29N4O3S2+. The largest absolute Gasteiger partial charge is 0.497 e. The van der Waals surface area contributed by atoms with Crippen LogP contribution >= 0.6 is 23.1 Å². The molecule has 34 heavy (non-hydrogen) atoms. The molecule has 0 unspecified atom stereocenters. The number of thiophene rings is 1. The number of benzene rings is 2. The smallest absolute Gasteiger partial charge is 0.272 e. The zero-order chi connectivity index (χ0) is 24.1. The summed E-state index contributed by atoms with van der Waals surface area (Å²) in [4.78, 5) is 32.5. The average Bonchev–Trinajstić information content (AvgIpc) is 3.23. The quantitative estimate of drug-likeness (QED) is 0.260. The van der Waals surface area contributed by atoms with Gasteiger partial charge in [0.1, 0.15) is 10.4 Å². The minimum atomic E-state index is -0.163. The Hall–Kier alpha value is -2.88. The lowest BCUT2D eigenvalue weighted by Crippen LogP contribution is -3.11. The summed E-state index contributed by atoms with van der Waals surface area (Å²) in [7, 11) is 1.59. The number of carbonyl (C=O) groups excluding carboxylic acids is 1. The van der Waals surface area contributed by atoms with E-state index in [1.807, 2.05) is 42.5 Å². The highest BCUT2D eigenvalue weighted by Crippen LogP contribution is 2.31. The molecular weight excluding hydrogens is 468 g/mol. The highest BCUT2D eigenvalue weighted by atomic mass is 32.2. The van der Waals surface area contributed by atoms with Crippen LogP contribution in [0.2, 0.25) is 0 Å². The lowest BCUT2D eigenvalue weighted by molar-refractivity contribution is -0.897. The molecule has 4 aromatic rings. The van der Waals surface area contributed by atoms with Gasteiger partial charge in [0.2, 0.25) is 5.91 Å². The Morgan fingerprint density at radius 3 is 2.74 bits per heavy atom. The Labute approximate surface area is 206 Å². The van der Waals surface area contributed by atoms with Crippen LogP contribution in [0.3, 0.4) is 0 Å². The molecule has 7 nitrogen and oxygen atoms in total. The van der Waals surface area contributed by atoms with Crippen molar-refractivity contribution in [1.29, 1.82) is 0 Å². The minimum absolute atomic E-state index is 0.0338. The van der Waals surface area contributed by atoms with Crippen molar-refractivity contribution in [3.8, 4) is 5.75 Å². The molecule has 178 valence electrons. The normalized spacial score (nSPS) is 11.4. The summed E-state index contributed by atoms with van der Waals surface area (Å²) in [6.45, 7) is 7.67. The molecule has 0 saturated carbocycles. The van der Waals surface area contributed by atoms with E-state index >= 15 is 0 Å². The molecule has 0 spiro atoms. The standard InChI is InChI=1S/C25H28N4O3S2/c1-4-28(5-2)13-14-29-24(31)23-22(19-11-6-7-12-20(19)34-23)27-25(29)33-16-21(30)26-17-9-8-10-18(15-17)32-3/h6-12,15H,4-5,13-14,16H2,1-3H3,(H,26,30)/p+1. The number of anilines is 1. The zero-order valence-corrected chi connectivity index (χ0v) is 21.2. The Morgan fingerprint density at radius 1 is 1.18 bits per heavy atom. The van der Waals surface area contributed by atoms with Gasteiger partial charge in [0.15, 0.2) is 5.16 Å². The van der Waals surface area contributed by atoms with Gasteiger partial charge in [-0.15, -0.1) is 11.3 Å². The maximum Gasteiger partial charge on any atom is 0.272 e. The van der Waals surface area contributed by atoms with E-state index in [-0.39, 0.29) is 17.2 Å². The molecule has 2 aromatic carbocycles. The molecule has 0 fully saturated rings. The first-order valence-electron chi connectivity index (χ1n) is 11.4. The number of methoxy groups -OCH3 is 1. The Kier molecular flexibility index (Phi) is 7.87. The Morgan fingerprint density at radius 2 is 1.97 bits per heavy atom. The predicted molar refractivity (Wildman–Crippen MR) is 141 cm³/mol. The van der Waals surface area contributed by atoms with Crippen molar-refractivity contribution in [2.24, 2.45) is 0 Å². The fraction of sp³-hybridized carbons (Fsp3) is 0.320. The molecule has 2 aromatic heterocycles. The summed E-state index contributed by atoms with van der Waals surface area (Å²) in [5.74, 6) is 0.661. The van der Waals surface area contributed by atoms with Gasteiger partial charge in [-0.25, -0.2) is 4.98 Å². The number of aromatic nitrogens is 2. The second-order valence-corrected chi connectivity index (χ2v) is 9.90. The van der Waals surface area contributed by atoms with Gasteiger partial charge in [0.25, 0.3) is 5.56 Å². The first-order valence-corrected chi connectivity index (χ1v) is 13.2. The van der Waals surface area contributed by atoms with Crippen LogP contribution < -0.4 is 20.5 Å². The van der Waals surface area contributed by atoms with E-state index in [0.29, 0.717) is 33.4 Å². The fourth-order valence-electron chi connectivity index (χ4n) is 3.86. The van der Waals surface area contributed by atoms with Crippen molar-refractivity contribution in [2.45, 2.75) is 25.5 Å². The lowest BCUT2D eigenvalue weighted by atomic mass is 10.2. The van der Waals surface area contributed by atoms with Crippen molar-refractivity contribution in [2.75, 3.05) is 37.8 Å². The van der Waals surface area contributed by atoms with E-state index in [1.165, 1.54) is 28.0 Å². The molecule has 0 radical (unpaired) electrons. The number of hydrogen-bond acceptors (Lipinski definition) is 6. The molecule has 0 bridgehead atoms. The van der Waals surface area contributed by atoms with Crippen LogP contribution in [0.5, 0.6) is 5.75 Å². The molecule has 0 aliphatic heterocycles. The first-order chi connectivity index (χ1) is 16.5. The van der Waals surface area contributed by atoms with Crippen LogP contribution in [0.15, 0.2) is 58.5 Å². The highest BCUT2D eigenvalue weighted by molar-refractivity contribution is 7.99. The SMILES string of the molecule is CC[NH+](CC)CCn1c(SCC(=O)Nc2cccc(OC)c2)nc2c(sc3ccccc32)c1=O. The van der Waals surface area contributed by atoms with Crippen molar-refractivity contribution in [1.82, 2.24) is 9.55 Å². The van der Waals surface area contributed by atoms with E-state index in [1.54, 1.807) is 17.7 Å². The van der Waals surface area contributed by atoms with Crippen molar-refractivity contribution >= 4 is 55.0 Å². The summed E-state index contributed by atoms with van der Waals surface area (Å²) in [6.07, 6.45) is 0. The van der Waals surface area contributed by atoms with Crippen molar-refractivity contribution < 1.29 is 14.4 Å². The number of fused-ring (bicyclic) bond motifs is 3. The third kappa shape index (κ3) is 5.27. The van der Waals surface area contributed by atoms with Crippen LogP contribution in [-0.2, 0) is 11.3 Å². The fourth-order valence-corrected chi connectivity index (χ4v) is 5.77.